The van der Waals surface area contributed by atoms with Gasteiger partial charge in [-0.05, 0) is 67.1 Å². The summed E-state index contributed by atoms with van der Waals surface area (Å²) < 4.78 is 136. The highest BCUT2D eigenvalue weighted by Crippen LogP contribution is 2.18. The number of carbonyl (C=O) groups excluding carboxylic acids is 8. The number of benzene rings is 2. The number of esters is 1. The van der Waals surface area contributed by atoms with E-state index in [1.165, 1.54) is 31.5 Å². The van der Waals surface area contributed by atoms with E-state index in [2.05, 4.69) is 19.5 Å². The molecule has 1 saturated carbocycles. The Morgan fingerprint density at radius 3 is 1.40 bits per heavy atom. The van der Waals surface area contributed by atoms with Gasteiger partial charge in [0.2, 0.25) is 0 Å². The van der Waals surface area contributed by atoms with Gasteiger partial charge in [0.25, 0.3) is 53.4 Å². The first-order valence-electron chi connectivity index (χ1n) is 17.0. The molecule has 2 aromatic carbocycles. The summed E-state index contributed by atoms with van der Waals surface area (Å²) in [6.07, 6.45) is 5.62. The highest BCUT2D eigenvalue weighted by molar-refractivity contribution is 7.86. The standard InChI is InChI=1S/C10H19NO5S.C10H10O7S.C6H6O3S.C5H10O5S.2CO2/c12-10(11-9-5-2-1-3-6-9)16-7-4-8-17(13,14)15;11-6-16-4-8-1-9(5-17-7-12)3-10(2-8)18(13,14)15;7-10(8,9)6-4-2-1-3-5-6;1-5(6)10-3-2-4-11(7,8)9;2*2-1-3/h9H,1-8H2,(H,11,12)(H,13,14,15);1-3,6-7H,4-5H2,(H,13,14,15);1-5H,(H,7,8,9);2-4H2,1H3,(H,7,8,9);;. The van der Waals surface area contributed by atoms with E-state index in [1.54, 1.807) is 18.2 Å². The summed E-state index contributed by atoms with van der Waals surface area (Å²) >= 11 is 0. The fourth-order valence-corrected chi connectivity index (χ4v) is 6.28. The van der Waals surface area contributed by atoms with Gasteiger partial charge in [0, 0.05) is 13.0 Å². The molecule has 0 bridgehead atoms. The van der Waals surface area contributed by atoms with E-state index in [1.807, 2.05) is 0 Å². The molecule has 2 aromatic rings. The molecular formula is C33H45NO24S4. The number of ether oxygens (including phenoxy) is 4. The fourth-order valence-electron chi connectivity index (χ4n) is 4.22. The third-order valence-electron chi connectivity index (χ3n) is 6.56. The predicted octanol–water partition coefficient (Wildman–Crippen LogP) is 1.20. The molecule has 0 radical (unpaired) electrons. The summed E-state index contributed by atoms with van der Waals surface area (Å²) in [6.45, 7) is 1.37. The van der Waals surface area contributed by atoms with Crippen molar-refractivity contribution in [3.63, 3.8) is 0 Å². The van der Waals surface area contributed by atoms with Gasteiger partial charge < -0.3 is 24.3 Å². The van der Waals surface area contributed by atoms with E-state index in [4.69, 9.17) is 42.1 Å². The van der Waals surface area contributed by atoms with Crippen molar-refractivity contribution in [3.8, 4) is 0 Å². The van der Waals surface area contributed by atoms with E-state index in [0.717, 1.165) is 37.8 Å². The number of alkyl carbamates (subject to hydrolysis) is 1. The second-order valence-electron chi connectivity index (χ2n) is 11.5. The van der Waals surface area contributed by atoms with Crippen molar-refractivity contribution in [2.75, 3.05) is 24.7 Å². The minimum Gasteiger partial charge on any atom is -0.466 e. The SMILES string of the molecule is CC(=O)OCCCS(=O)(=O)O.O=C(NC1CCCCC1)OCCCS(=O)(=O)O.O=C=O.O=C=O.O=COCc1cc(COC=O)cc(S(=O)(=O)O)c1.O=S(=O)(O)c1ccccc1. The number of amides is 1. The summed E-state index contributed by atoms with van der Waals surface area (Å²) in [4.78, 5) is 73.6. The molecule has 0 unspecified atom stereocenters. The maximum absolute atomic E-state index is 11.3. The maximum atomic E-state index is 11.3. The van der Waals surface area contributed by atoms with Crippen LogP contribution in [0.15, 0.2) is 58.3 Å². The van der Waals surface area contributed by atoms with E-state index < -0.39 is 52.5 Å². The van der Waals surface area contributed by atoms with Gasteiger partial charge in [0.05, 0.1) is 34.5 Å². The normalized spacial score (nSPS) is 12.0. The molecule has 5 N–H and O–H groups in total. The quantitative estimate of drug-likeness (QED) is 0.0489. The molecule has 29 heteroatoms. The van der Waals surface area contributed by atoms with Crippen LogP contribution in [-0.2, 0) is 106 Å². The minimum atomic E-state index is -4.39. The van der Waals surface area contributed by atoms with Crippen molar-refractivity contribution in [1.82, 2.24) is 5.32 Å². The predicted molar refractivity (Wildman–Crippen MR) is 204 cm³/mol. The van der Waals surface area contributed by atoms with Gasteiger partial charge in [0.1, 0.15) is 13.2 Å². The number of nitrogens with one attached hydrogen (secondary N) is 1. The van der Waals surface area contributed by atoms with E-state index in [9.17, 15) is 52.8 Å². The monoisotopic (exact) mass is 967 g/mol. The molecule has 0 atom stereocenters. The van der Waals surface area contributed by atoms with Crippen LogP contribution in [0, 0.1) is 0 Å². The molecule has 1 fully saturated rings. The topological polar surface area (TPSA) is 403 Å². The molecule has 25 nitrogen and oxygen atoms in total. The van der Waals surface area contributed by atoms with Crippen molar-refractivity contribution < 1.29 is 109 Å². The summed E-state index contributed by atoms with van der Waals surface area (Å²) in [7, 11) is -16.3. The van der Waals surface area contributed by atoms with Crippen LogP contribution >= 0.6 is 0 Å². The summed E-state index contributed by atoms with van der Waals surface area (Å²) in [5.74, 6) is -1.22. The Labute approximate surface area is 356 Å². The first-order valence-corrected chi connectivity index (χ1v) is 23.1. The Morgan fingerprint density at radius 1 is 0.661 bits per heavy atom. The van der Waals surface area contributed by atoms with Crippen LogP contribution in [-0.4, -0.2) is 120 Å². The number of rotatable bonds is 17. The largest absolute Gasteiger partial charge is 0.466 e. The van der Waals surface area contributed by atoms with Gasteiger partial charge in [-0.2, -0.15) is 52.8 Å². The van der Waals surface area contributed by atoms with Crippen LogP contribution < -0.4 is 5.32 Å². The summed E-state index contributed by atoms with van der Waals surface area (Å²) in [5, 5.41) is 2.74. The van der Waals surface area contributed by atoms with E-state index in [0.29, 0.717) is 11.1 Å². The van der Waals surface area contributed by atoms with Crippen LogP contribution in [0.3, 0.4) is 0 Å². The number of hydrogen-bond donors (Lipinski definition) is 5. The molecule has 3 rings (SSSR count). The van der Waals surface area contributed by atoms with Gasteiger partial charge >= 0.3 is 24.4 Å². The zero-order valence-electron chi connectivity index (χ0n) is 32.6. The Balaban J connectivity index is -0.000000733. The van der Waals surface area contributed by atoms with Crippen molar-refractivity contribution in [3.05, 3.63) is 59.7 Å². The van der Waals surface area contributed by atoms with Crippen molar-refractivity contribution in [2.45, 2.75) is 80.9 Å². The summed E-state index contributed by atoms with van der Waals surface area (Å²) in [5.41, 5.74) is 0.698. The molecular weight excluding hydrogens is 923 g/mol. The van der Waals surface area contributed by atoms with Gasteiger partial charge in [-0.3, -0.25) is 32.6 Å². The Hall–Kier alpha value is -5.48. The Bertz CT molecular complexity index is 2100. The second-order valence-corrected chi connectivity index (χ2v) is 17.5. The smallest absolute Gasteiger partial charge is 0.407 e. The lowest BCUT2D eigenvalue weighted by Gasteiger charge is -2.22. The lowest BCUT2D eigenvalue weighted by atomic mass is 9.96. The summed E-state index contributed by atoms with van der Waals surface area (Å²) in [6, 6.07) is 11.4. The average molecular weight is 968 g/mol. The van der Waals surface area contributed by atoms with Gasteiger partial charge in [-0.25, -0.2) is 4.79 Å². The van der Waals surface area contributed by atoms with Crippen LogP contribution in [0.4, 0.5) is 4.79 Å². The highest BCUT2D eigenvalue weighted by Gasteiger charge is 2.16. The Kier molecular flexibility index (Phi) is 33.5. The second kappa shape index (κ2) is 34.1. The zero-order chi connectivity index (χ0) is 48.3. The van der Waals surface area contributed by atoms with E-state index in [-0.39, 0.29) is 91.9 Å². The highest BCUT2D eigenvalue weighted by atomic mass is 32.2. The fraction of sp³-hybridized carbons (Fsp3) is 0.455. The first kappa shape index (κ1) is 60.8. The minimum absolute atomic E-state index is 0.00164. The molecule has 0 saturated heterocycles. The molecule has 1 aliphatic carbocycles. The molecule has 0 aliphatic heterocycles. The van der Waals surface area contributed by atoms with Gasteiger partial charge in [-0.15, -0.1) is 0 Å². The first-order chi connectivity index (χ1) is 28.8. The van der Waals surface area contributed by atoms with Crippen LogP contribution in [0.5, 0.6) is 0 Å². The molecule has 350 valence electrons. The maximum Gasteiger partial charge on any atom is 0.407 e. The van der Waals surface area contributed by atoms with Crippen molar-refractivity contribution >= 4 is 77.8 Å². The third-order valence-corrected chi connectivity index (χ3v) is 9.87. The van der Waals surface area contributed by atoms with Crippen molar-refractivity contribution in [2.24, 2.45) is 0 Å². The molecule has 1 amide bonds. The zero-order valence-corrected chi connectivity index (χ0v) is 35.9. The number of hydrogen-bond acceptors (Lipinski definition) is 20. The average Bonchev–Trinajstić information content (AvgIpc) is 3.17. The van der Waals surface area contributed by atoms with Crippen molar-refractivity contribution in [1.29, 1.82) is 0 Å². The van der Waals surface area contributed by atoms with Crippen LogP contribution in [0.1, 0.15) is 63.0 Å². The molecule has 0 spiro atoms. The number of carbonyl (C=O) groups is 4. The molecule has 1 aliphatic rings. The third kappa shape index (κ3) is 40.0. The van der Waals surface area contributed by atoms with Gasteiger partial charge in [0.15, 0.2) is 0 Å². The van der Waals surface area contributed by atoms with Gasteiger partial charge in [-0.1, -0.05) is 37.5 Å². The van der Waals surface area contributed by atoms with Crippen LogP contribution in [0.25, 0.3) is 0 Å². The lowest BCUT2D eigenvalue weighted by molar-refractivity contribution is -0.193. The lowest BCUT2D eigenvalue weighted by Crippen LogP contribution is -2.36. The van der Waals surface area contributed by atoms with E-state index >= 15 is 0 Å². The Morgan fingerprint density at radius 2 is 1.06 bits per heavy atom. The molecule has 0 heterocycles. The molecule has 62 heavy (non-hydrogen) atoms. The molecule has 0 aromatic heterocycles. The van der Waals surface area contributed by atoms with Crippen LogP contribution in [0.2, 0.25) is 0 Å².